The number of halogens is 1. The van der Waals surface area contributed by atoms with Crippen LogP contribution >= 0.6 is 11.6 Å². The number of hydrogen-bond donors (Lipinski definition) is 0. The standard InChI is InChI=1S/C18H24ClN3O3/c1-18(2,3)25-17(24)21-8-6-13(7-9-21)22-15-10-12(19)11-20-14(15)4-5-16(22)23/h10-11,13H,4-9H2,1-3H3. The van der Waals surface area contributed by atoms with E-state index < -0.39 is 5.60 Å². The van der Waals surface area contributed by atoms with Gasteiger partial charge in [0.05, 0.1) is 16.4 Å². The number of rotatable bonds is 1. The van der Waals surface area contributed by atoms with Crippen LogP contribution in [0.15, 0.2) is 12.3 Å². The smallest absolute Gasteiger partial charge is 0.410 e. The van der Waals surface area contributed by atoms with E-state index in [1.807, 2.05) is 31.7 Å². The number of piperidine rings is 1. The predicted molar refractivity (Wildman–Crippen MR) is 95.9 cm³/mol. The molecule has 0 aliphatic carbocycles. The van der Waals surface area contributed by atoms with Gasteiger partial charge in [-0.25, -0.2) is 4.79 Å². The molecule has 0 atom stereocenters. The molecule has 0 unspecified atom stereocenters. The molecule has 0 aromatic carbocycles. The number of carbonyl (C=O) groups excluding carboxylic acids is 2. The molecule has 2 amide bonds. The Labute approximate surface area is 153 Å². The van der Waals surface area contributed by atoms with Crippen LogP contribution in [0.4, 0.5) is 10.5 Å². The van der Waals surface area contributed by atoms with Crippen LogP contribution in [0.5, 0.6) is 0 Å². The monoisotopic (exact) mass is 365 g/mol. The first-order valence-corrected chi connectivity index (χ1v) is 9.07. The molecule has 1 saturated heterocycles. The summed E-state index contributed by atoms with van der Waals surface area (Å²) in [6.45, 7) is 6.73. The number of anilines is 1. The molecule has 0 saturated carbocycles. The number of hydrogen-bond acceptors (Lipinski definition) is 4. The number of fused-ring (bicyclic) bond motifs is 1. The maximum Gasteiger partial charge on any atom is 0.410 e. The second kappa shape index (κ2) is 6.83. The highest BCUT2D eigenvalue weighted by Gasteiger charge is 2.35. The lowest BCUT2D eigenvalue weighted by atomic mass is 9.98. The Morgan fingerprint density at radius 3 is 2.60 bits per heavy atom. The normalized spacial score (nSPS) is 19.0. The fourth-order valence-corrected chi connectivity index (χ4v) is 3.52. The number of aryl methyl sites for hydroxylation is 1. The SMILES string of the molecule is CC(C)(C)OC(=O)N1CCC(N2C(=O)CCc3ncc(Cl)cc32)CC1. The van der Waals surface area contributed by atoms with Crippen molar-refractivity contribution in [3.63, 3.8) is 0 Å². The Hall–Kier alpha value is -1.82. The number of ether oxygens (including phenoxy) is 1. The summed E-state index contributed by atoms with van der Waals surface area (Å²) >= 11 is 6.08. The van der Waals surface area contributed by atoms with Gasteiger partial charge in [0.25, 0.3) is 0 Å². The van der Waals surface area contributed by atoms with Crippen molar-refractivity contribution in [2.24, 2.45) is 0 Å². The molecule has 0 N–H and O–H groups in total. The van der Waals surface area contributed by atoms with E-state index >= 15 is 0 Å². The second-order valence-corrected chi connectivity index (χ2v) is 8.02. The van der Waals surface area contributed by atoms with E-state index in [4.69, 9.17) is 16.3 Å². The van der Waals surface area contributed by atoms with E-state index in [0.29, 0.717) is 31.0 Å². The summed E-state index contributed by atoms with van der Waals surface area (Å²) in [5, 5.41) is 0.532. The van der Waals surface area contributed by atoms with E-state index in [1.165, 1.54) is 0 Å². The molecular weight excluding hydrogens is 342 g/mol. The minimum Gasteiger partial charge on any atom is -0.444 e. The first-order chi connectivity index (χ1) is 11.7. The molecule has 1 aromatic heterocycles. The topological polar surface area (TPSA) is 62.7 Å². The zero-order valence-corrected chi connectivity index (χ0v) is 15.7. The van der Waals surface area contributed by atoms with E-state index in [2.05, 4.69) is 4.98 Å². The molecule has 1 aromatic rings. The van der Waals surface area contributed by atoms with Crippen molar-refractivity contribution in [1.29, 1.82) is 0 Å². The number of nitrogens with zero attached hydrogens (tertiary/aromatic N) is 3. The Balaban J connectivity index is 1.70. The lowest BCUT2D eigenvalue weighted by Gasteiger charge is -2.40. The van der Waals surface area contributed by atoms with Crippen LogP contribution in [0, 0.1) is 0 Å². The third-order valence-corrected chi connectivity index (χ3v) is 4.71. The zero-order chi connectivity index (χ0) is 18.2. The molecule has 3 heterocycles. The quantitative estimate of drug-likeness (QED) is 0.765. The summed E-state index contributed by atoms with van der Waals surface area (Å²) in [5.41, 5.74) is 1.23. The maximum absolute atomic E-state index is 12.5. The molecular formula is C18H24ClN3O3. The summed E-state index contributed by atoms with van der Waals surface area (Å²) < 4.78 is 5.43. The lowest BCUT2D eigenvalue weighted by molar-refractivity contribution is -0.119. The van der Waals surface area contributed by atoms with E-state index in [1.54, 1.807) is 11.1 Å². The Morgan fingerprint density at radius 1 is 1.28 bits per heavy atom. The highest BCUT2D eigenvalue weighted by Crippen LogP contribution is 2.33. The first kappa shape index (κ1) is 18.0. The molecule has 1 fully saturated rings. The van der Waals surface area contributed by atoms with Gasteiger partial charge in [-0.3, -0.25) is 9.78 Å². The minimum atomic E-state index is -0.502. The van der Waals surface area contributed by atoms with Gasteiger partial charge in [-0.2, -0.15) is 0 Å². The zero-order valence-electron chi connectivity index (χ0n) is 14.9. The summed E-state index contributed by atoms with van der Waals surface area (Å²) in [7, 11) is 0. The van der Waals surface area contributed by atoms with Crippen molar-refractivity contribution in [3.8, 4) is 0 Å². The number of carbonyl (C=O) groups is 2. The van der Waals surface area contributed by atoms with Crippen molar-refractivity contribution in [2.75, 3.05) is 18.0 Å². The molecule has 0 radical (unpaired) electrons. The third-order valence-electron chi connectivity index (χ3n) is 4.50. The number of amides is 2. The number of aromatic nitrogens is 1. The van der Waals surface area contributed by atoms with E-state index in [-0.39, 0.29) is 18.0 Å². The van der Waals surface area contributed by atoms with Crippen molar-refractivity contribution >= 4 is 29.3 Å². The Kier molecular flexibility index (Phi) is 4.91. The van der Waals surface area contributed by atoms with Crippen LogP contribution in [-0.2, 0) is 16.0 Å². The van der Waals surface area contributed by atoms with Crippen molar-refractivity contribution in [3.05, 3.63) is 23.0 Å². The van der Waals surface area contributed by atoms with Gasteiger partial charge in [0, 0.05) is 38.2 Å². The van der Waals surface area contributed by atoms with Gasteiger partial charge in [-0.1, -0.05) is 11.6 Å². The summed E-state index contributed by atoms with van der Waals surface area (Å²) in [4.78, 5) is 32.6. The van der Waals surface area contributed by atoms with Gasteiger partial charge in [0.2, 0.25) is 5.91 Å². The van der Waals surface area contributed by atoms with Crippen LogP contribution < -0.4 is 4.90 Å². The second-order valence-electron chi connectivity index (χ2n) is 7.58. The lowest BCUT2D eigenvalue weighted by Crippen LogP contribution is -2.51. The molecule has 2 aliphatic rings. The van der Waals surface area contributed by atoms with Gasteiger partial charge in [-0.15, -0.1) is 0 Å². The molecule has 25 heavy (non-hydrogen) atoms. The van der Waals surface area contributed by atoms with Crippen molar-refractivity contribution < 1.29 is 14.3 Å². The van der Waals surface area contributed by atoms with Gasteiger partial charge in [0.15, 0.2) is 0 Å². The van der Waals surface area contributed by atoms with E-state index in [9.17, 15) is 9.59 Å². The highest BCUT2D eigenvalue weighted by molar-refractivity contribution is 6.30. The average molecular weight is 366 g/mol. The van der Waals surface area contributed by atoms with Crippen LogP contribution in [0.25, 0.3) is 0 Å². The van der Waals surface area contributed by atoms with Crippen molar-refractivity contribution in [1.82, 2.24) is 9.88 Å². The maximum atomic E-state index is 12.5. The van der Waals surface area contributed by atoms with Gasteiger partial charge in [0.1, 0.15) is 5.60 Å². The molecule has 136 valence electrons. The van der Waals surface area contributed by atoms with Crippen LogP contribution in [0.1, 0.15) is 45.7 Å². The predicted octanol–water partition coefficient (Wildman–Crippen LogP) is 3.41. The molecule has 2 aliphatic heterocycles. The Morgan fingerprint density at radius 2 is 1.96 bits per heavy atom. The molecule has 0 spiro atoms. The fraction of sp³-hybridized carbons (Fsp3) is 0.611. The first-order valence-electron chi connectivity index (χ1n) is 8.69. The van der Waals surface area contributed by atoms with Crippen LogP contribution in [-0.4, -0.2) is 46.6 Å². The summed E-state index contributed by atoms with van der Waals surface area (Å²) in [5.74, 6) is 0.104. The number of likely N-dealkylation sites (tertiary alicyclic amines) is 1. The van der Waals surface area contributed by atoms with Crippen molar-refractivity contribution in [2.45, 2.75) is 58.1 Å². The highest BCUT2D eigenvalue weighted by atomic mass is 35.5. The third kappa shape index (κ3) is 4.06. The summed E-state index contributed by atoms with van der Waals surface area (Å²) in [6.07, 6.45) is 3.89. The average Bonchev–Trinajstić information content (AvgIpc) is 2.53. The Bertz CT molecular complexity index is 679. The van der Waals surface area contributed by atoms with E-state index in [0.717, 1.165) is 24.2 Å². The summed E-state index contributed by atoms with van der Waals surface area (Å²) in [6, 6.07) is 1.88. The van der Waals surface area contributed by atoms with Crippen LogP contribution in [0.3, 0.4) is 0 Å². The fourth-order valence-electron chi connectivity index (χ4n) is 3.37. The molecule has 6 nitrogen and oxygen atoms in total. The van der Waals surface area contributed by atoms with Gasteiger partial charge in [-0.05, 0) is 39.7 Å². The molecule has 3 rings (SSSR count). The molecule has 7 heteroatoms. The molecule has 0 bridgehead atoms. The van der Waals surface area contributed by atoms with Gasteiger partial charge >= 0.3 is 6.09 Å². The minimum absolute atomic E-state index is 0.0607. The van der Waals surface area contributed by atoms with Crippen LogP contribution in [0.2, 0.25) is 5.02 Å². The van der Waals surface area contributed by atoms with Gasteiger partial charge < -0.3 is 14.5 Å². The largest absolute Gasteiger partial charge is 0.444 e. The number of pyridine rings is 1.